The molecule has 2 aromatic carbocycles. The molecule has 0 atom stereocenters. The smallest absolute Gasteiger partial charge is 0.381 e. The van der Waals surface area contributed by atoms with Crippen molar-refractivity contribution in [1.29, 1.82) is 0 Å². The minimum atomic E-state index is -4.48. The van der Waals surface area contributed by atoms with Crippen LogP contribution in [0, 0.1) is 5.82 Å². The predicted molar refractivity (Wildman–Crippen MR) is 110 cm³/mol. The van der Waals surface area contributed by atoms with E-state index in [1.165, 1.54) is 12.1 Å². The van der Waals surface area contributed by atoms with Crippen molar-refractivity contribution in [3.05, 3.63) is 65.5 Å². The highest BCUT2D eigenvalue weighted by Crippen LogP contribution is 2.38. The Balaban J connectivity index is 1.66. The molecule has 0 spiro atoms. The Morgan fingerprint density at radius 1 is 1.13 bits per heavy atom. The number of nitrogens with one attached hydrogen (secondary N) is 1. The van der Waals surface area contributed by atoms with Crippen molar-refractivity contribution in [3.63, 3.8) is 0 Å². The third-order valence-corrected chi connectivity index (χ3v) is 5.74. The molecule has 1 aliphatic rings. The zero-order valence-corrected chi connectivity index (χ0v) is 17.3. The highest BCUT2D eigenvalue weighted by molar-refractivity contribution is 5.88. The number of amides is 1. The van der Waals surface area contributed by atoms with Crippen molar-refractivity contribution in [2.75, 3.05) is 38.3 Å². The molecule has 1 heterocycles. The number of hydrogen-bond acceptors (Lipinski definition) is 3. The molecule has 8 heteroatoms. The largest absolute Gasteiger partial charge is 0.416 e. The normalized spacial score (nSPS) is 16.0. The Kier molecular flexibility index (Phi) is 7.20. The van der Waals surface area contributed by atoms with E-state index in [2.05, 4.69) is 5.32 Å². The molecule has 0 bridgehead atoms. The van der Waals surface area contributed by atoms with Gasteiger partial charge in [0, 0.05) is 33.4 Å². The molecule has 0 aliphatic carbocycles. The summed E-state index contributed by atoms with van der Waals surface area (Å²) >= 11 is 0. The number of halogens is 4. The van der Waals surface area contributed by atoms with Gasteiger partial charge in [0.25, 0.3) is 0 Å². The predicted octanol–water partition coefficient (Wildman–Crippen LogP) is 4.54. The third kappa shape index (κ3) is 5.36. The van der Waals surface area contributed by atoms with Gasteiger partial charge in [-0.2, -0.15) is 13.2 Å². The van der Waals surface area contributed by atoms with E-state index in [1.807, 2.05) is 0 Å². The van der Waals surface area contributed by atoms with E-state index in [4.69, 9.17) is 4.74 Å². The number of benzene rings is 2. The van der Waals surface area contributed by atoms with Crippen LogP contribution in [0.1, 0.15) is 30.4 Å². The number of anilines is 1. The molecule has 1 aliphatic heterocycles. The van der Waals surface area contributed by atoms with Crippen LogP contribution in [-0.2, 0) is 21.1 Å². The van der Waals surface area contributed by atoms with Gasteiger partial charge in [-0.25, -0.2) is 4.39 Å². The number of hydrogen-bond donors (Lipinski definition) is 1. The Bertz CT molecular complexity index is 895. The molecular weight excluding hydrogens is 412 g/mol. The second-order valence-electron chi connectivity index (χ2n) is 7.76. The minimum absolute atomic E-state index is 0.302. The van der Waals surface area contributed by atoms with Gasteiger partial charge in [-0.05, 0) is 43.0 Å². The molecule has 1 N–H and O–H groups in total. The van der Waals surface area contributed by atoms with E-state index in [0.29, 0.717) is 56.8 Å². The fraction of sp³-hybridized carbons (Fsp3) is 0.435. The third-order valence-electron chi connectivity index (χ3n) is 5.74. The summed E-state index contributed by atoms with van der Waals surface area (Å²) in [7, 11) is 1.77. The molecule has 0 saturated carbocycles. The van der Waals surface area contributed by atoms with Crippen LogP contribution in [0.25, 0.3) is 0 Å². The van der Waals surface area contributed by atoms with Gasteiger partial charge < -0.3 is 15.0 Å². The van der Waals surface area contributed by atoms with Crippen LogP contribution in [0.3, 0.4) is 0 Å². The van der Waals surface area contributed by atoms with E-state index in [9.17, 15) is 22.4 Å². The first-order chi connectivity index (χ1) is 14.7. The lowest BCUT2D eigenvalue weighted by Gasteiger charge is -2.36. The maximum absolute atomic E-state index is 13.9. The first kappa shape index (κ1) is 23.1. The monoisotopic (exact) mass is 438 g/mol. The maximum atomic E-state index is 13.9. The molecule has 0 unspecified atom stereocenters. The summed E-state index contributed by atoms with van der Waals surface area (Å²) in [4.78, 5) is 14.9. The Labute approximate surface area is 179 Å². The van der Waals surface area contributed by atoms with E-state index >= 15 is 0 Å². The van der Waals surface area contributed by atoms with Gasteiger partial charge in [-0.1, -0.05) is 30.3 Å². The lowest BCUT2D eigenvalue weighted by molar-refractivity contribution is -0.138. The lowest BCUT2D eigenvalue weighted by atomic mass is 9.73. The first-order valence-corrected chi connectivity index (χ1v) is 10.2. The van der Waals surface area contributed by atoms with Crippen molar-refractivity contribution in [2.24, 2.45) is 0 Å². The van der Waals surface area contributed by atoms with Gasteiger partial charge in [0.1, 0.15) is 5.82 Å². The number of nitrogens with zero attached hydrogens (tertiary/aromatic N) is 1. The zero-order valence-electron chi connectivity index (χ0n) is 17.3. The van der Waals surface area contributed by atoms with Gasteiger partial charge in [0.05, 0.1) is 16.7 Å². The summed E-state index contributed by atoms with van der Waals surface area (Å²) < 4.78 is 58.8. The van der Waals surface area contributed by atoms with Gasteiger partial charge in [0.15, 0.2) is 0 Å². The van der Waals surface area contributed by atoms with Gasteiger partial charge in [0.2, 0.25) is 5.91 Å². The quantitative estimate of drug-likeness (QED) is 0.510. The maximum Gasteiger partial charge on any atom is 0.416 e. The van der Waals surface area contributed by atoms with Crippen LogP contribution in [-0.4, -0.2) is 39.3 Å². The van der Waals surface area contributed by atoms with Crippen molar-refractivity contribution in [2.45, 2.75) is 30.9 Å². The van der Waals surface area contributed by atoms with Gasteiger partial charge >= 0.3 is 6.18 Å². The molecule has 0 radical (unpaired) electrons. The Morgan fingerprint density at radius 3 is 2.52 bits per heavy atom. The second-order valence-corrected chi connectivity index (χ2v) is 7.76. The van der Waals surface area contributed by atoms with Crippen LogP contribution >= 0.6 is 0 Å². The summed E-state index contributed by atoms with van der Waals surface area (Å²) in [6, 6.07) is 11.4. The van der Waals surface area contributed by atoms with Crippen LogP contribution in [0.2, 0.25) is 0 Å². The number of para-hydroxylation sites is 1. The molecular formula is C23H26F4N2O2. The van der Waals surface area contributed by atoms with Crippen molar-refractivity contribution >= 4 is 11.6 Å². The van der Waals surface area contributed by atoms with E-state index in [0.717, 1.165) is 12.1 Å². The summed E-state index contributed by atoms with van der Waals surface area (Å²) in [5, 5.41) is 2.88. The molecule has 31 heavy (non-hydrogen) atoms. The SMILES string of the molecule is CN(CCCNC(=O)C1(c2cccc(C(F)(F)F)c2)CCOCC1)c1ccccc1F. The highest BCUT2D eigenvalue weighted by atomic mass is 19.4. The topological polar surface area (TPSA) is 41.6 Å². The average Bonchev–Trinajstić information content (AvgIpc) is 2.76. The van der Waals surface area contributed by atoms with Crippen molar-refractivity contribution in [3.8, 4) is 0 Å². The first-order valence-electron chi connectivity index (χ1n) is 10.2. The summed E-state index contributed by atoms with van der Waals surface area (Å²) in [6.45, 7) is 1.46. The van der Waals surface area contributed by atoms with Crippen molar-refractivity contribution in [1.82, 2.24) is 5.32 Å². The minimum Gasteiger partial charge on any atom is -0.381 e. The van der Waals surface area contributed by atoms with Crippen LogP contribution < -0.4 is 10.2 Å². The van der Waals surface area contributed by atoms with E-state index in [-0.39, 0.29) is 11.7 Å². The molecule has 3 rings (SSSR count). The van der Waals surface area contributed by atoms with E-state index < -0.39 is 17.2 Å². The van der Waals surface area contributed by atoms with Crippen molar-refractivity contribution < 1.29 is 27.1 Å². The fourth-order valence-corrected chi connectivity index (χ4v) is 3.93. The number of rotatable bonds is 7. The zero-order chi connectivity index (χ0) is 22.5. The summed E-state index contributed by atoms with van der Waals surface area (Å²) in [6.07, 6.45) is -3.29. The van der Waals surface area contributed by atoms with E-state index in [1.54, 1.807) is 36.2 Å². The average molecular weight is 438 g/mol. The molecule has 4 nitrogen and oxygen atoms in total. The number of ether oxygens (including phenoxy) is 1. The fourth-order valence-electron chi connectivity index (χ4n) is 3.93. The molecule has 2 aromatic rings. The second kappa shape index (κ2) is 9.68. The Morgan fingerprint density at radius 2 is 1.84 bits per heavy atom. The molecule has 1 amide bonds. The summed E-state index contributed by atoms with van der Waals surface area (Å²) in [5.41, 5.74) is -1.00. The van der Waals surface area contributed by atoms with Gasteiger partial charge in [-0.3, -0.25) is 4.79 Å². The van der Waals surface area contributed by atoms with Gasteiger partial charge in [-0.15, -0.1) is 0 Å². The highest BCUT2D eigenvalue weighted by Gasteiger charge is 2.42. The standard InChI is InChI=1S/C23H26F4N2O2/c1-29(20-9-3-2-8-19(20)24)13-5-12-28-21(30)22(10-14-31-15-11-22)17-6-4-7-18(16-17)23(25,26)27/h2-4,6-9,16H,5,10-15H2,1H3,(H,28,30). The molecule has 0 aromatic heterocycles. The van der Waals surface area contributed by atoms with Crippen LogP contribution in [0.4, 0.5) is 23.2 Å². The molecule has 168 valence electrons. The number of carbonyl (C=O) groups is 1. The van der Waals surface area contributed by atoms with Crippen LogP contribution in [0.5, 0.6) is 0 Å². The molecule has 1 fully saturated rings. The summed E-state index contributed by atoms with van der Waals surface area (Å²) in [5.74, 6) is -0.622. The lowest BCUT2D eigenvalue weighted by Crippen LogP contribution is -2.48. The number of alkyl halides is 3. The Hall–Kier alpha value is -2.61. The van der Waals surface area contributed by atoms with Crippen LogP contribution in [0.15, 0.2) is 48.5 Å². The number of carbonyl (C=O) groups excluding carboxylic acids is 1. The molecule has 1 saturated heterocycles.